The van der Waals surface area contributed by atoms with Crippen molar-refractivity contribution in [1.29, 1.82) is 0 Å². The van der Waals surface area contributed by atoms with Gasteiger partial charge >= 0.3 is 16.1 Å². The van der Waals surface area contributed by atoms with E-state index >= 15 is 0 Å². The van der Waals surface area contributed by atoms with Crippen molar-refractivity contribution in [2.24, 2.45) is 0 Å². The number of benzene rings is 1. The predicted molar refractivity (Wildman–Crippen MR) is 64.3 cm³/mol. The molecule has 0 amide bonds. The van der Waals surface area contributed by atoms with E-state index in [1.54, 1.807) is 6.92 Å². The summed E-state index contributed by atoms with van der Waals surface area (Å²) in [6.45, 7) is 2.95. The Kier molecular flexibility index (Phi) is 4.75. The second-order valence-electron chi connectivity index (χ2n) is 3.22. The Labute approximate surface area is 106 Å². The average Bonchev–Trinajstić information content (AvgIpc) is 2.28. The fraction of sp³-hybridized carbons (Fsp3) is 0.250. The molecule has 0 heterocycles. The van der Waals surface area contributed by atoms with Crippen molar-refractivity contribution in [3.8, 4) is 17.6 Å². The van der Waals surface area contributed by atoms with Gasteiger partial charge in [-0.05, 0) is 31.2 Å². The van der Waals surface area contributed by atoms with Gasteiger partial charge in [0.05, 0.1) is 0 Å². The molecule has 0 radical (unpaired) electrons. The molecule has 0 unspecified atom stereocenters. The first-order chi connectivity index (χ1) is 8.45. The summed E-state index contributed by atoms with van der Waals surface area (Å²) in [5.74, 6) is 4.98. The highest BCUT2D eigenvalue weighted by Gasteiger charge is 2.17. The first kappa shape index (κ1) is 14.1. The zero-order valence-electron chi connectivity index (χ0n) is 9.97. The van der Waals surface area contributed by atoms with Crippen LogP contribution in [-0.4, -0.2) is 21.0 Å². The monoisotopic (exact) mass is 268 g/mol. The lowest BCUT2D eigenvalue weighted by atomic mass is 10.3. The van der Waals surface area contributed by atoms with Gasteiger partial charge in [-0.25, -0.2) is 0 Å². The Morgan fingerprint density at radius 2 is 1.89 bits per heavy atom. The Morgan fingerprint density at radius 1 is 1.28 bits per heavy atom. The van der Waals surface area contributed by atoms with Crippen LogP contribution < -0.4 is 4.74 Å². The van der Waals surface area contributed by atoms with Crippen molar-refractivity contribution < 1.29 is 22.1 Å². The van der Waals surface area contributed by atoms with Gasteiger partial charge in [-0.2, -0.15) is 8.42 Å². The average molecular weight is 268 g/mol. The van der Waals surface area contributed by atoms with E-state index in [1.807, 2.05) is 0 Å². The Balaban J connectivity index is 2.81. The first-order valence-electron chi connectivity index (χ1n) is 5.03. The van der Waals surface area contributed by atoms with Crippen molar-refractivity contribution in [3.05, 3.63) is 24.3 Å². The molecular weight excluding hydrogens is 256 g/mol. The molecule has 1 aromatic carbocycles. The van der Waals surface area contributed by atoms with Crippen molar-refractivity contribution in [1.82, 2.24) is 0 Å². The number of rotatable bonds is 4. The van der Waals surface area contributed by atoms with Gasteiger partial charge in [0.1, 0.15) is 17.3 Å². The molecule has 0 aliphatic rings. The summed E-state index contributed by atoms with van der Waals surface area (Å²) >= 11 is 0. The quantitative estimate of drug-likeness (QED) is 0.609. The van der Waals surface area contributed by atoms with E-state index < -0.39 is 16.1 Å². The molecule has 18 heavy (non-hydrogen) atoms. The van der Waals surface area contributed by atoms with E-state index in [0.29, 0.717) is 5.75 Å². The maximum Gasteiger partial charge on any atom is 0.341 e. The molecule has 0 aliphatic heterocycles. The van der Waals surface area contributed by atoms with Crippen LogP contribution in [0.1, 0.15) is 13.8 Å². The Bertz CT molecular complexity index is 575. The summed E-state index contributed by atoms with van der Waals surface area (Å²) in [4.78, 5) is 10.5. The zero-order valence-corrected chi connectivity index (χ0v) is 10.8. The van der Waals surface area contributed by atoms with Crippen molar-refractivity contribution in [3.63, 3.8) is 0 Å². The molecule has 1 rings (SSSR count). The van der Waals surface area contributed by atoms with E-state index in [0.717, 1.165) is 6.92 Å². The maximum absolute atomic E-state index is 11.5. The predicted octanol–water partition coefficient (Wildman–Crippen LogP) is 1.34. The third-order valence-electron chi connectivity index (χ3n) is 1.83. The minimum atomic E-state index is -4.03. The van der Waals surface area contributed by atoms with Crippen molar-refractivity contribution in [2.45, 2.75) is 18.7 Å². The van der Waals surface area contributed by atoms with E-state index in [2.05, 4.69) is 16.0 Å². The molecule has 0 bridgehead atoms. The Hall–Kier alpha value is -2.00. The molecule has 0 N–H and O–H groups in total. The van der Waals surface area contributed by atoms with Gasteiger partial charge < -0.3 is 8.92 Å². The molecule has 1 aromatic rings. The van der Waals surface area contributed by atoms with E-state index in [9.17, 15) is 13.2 Å². The second-order valence-corrected chi connectivity index (χ2v) is 4.76. The summed E-state index contributed by atoms with van der Waals surface area (Å²) in [6, 6.07) is 5.53. The zero-order chi connectivity index (χ0) is 13.6. The standard InChI is InChI=1S/C12H12O5S/c1-3-4-9-16-11-5-7-12(8-6-11)18(14,15)17-10(2)13/h5-8H,9H2,1-2H3. The molecule has 0 atom stereocenters. The fourth-order valence-electron chi connectivity index (χ4n) is 1.10. The van der Waals surface area contributed by atoms with Crippen molar-refractivity contribution >= 4 is 16.1 Å². The van der Waals surface area contributed by atoms with Crippen LogP contribution in [0.25, 0.3) is 0 Å². The maximum atomic E-state index is 11.5. The number of carbonyl (C=O) groups is 1. The van der Waals surface area contributed by atoms with Gasteiger partial charge in [0.2, 0.25) is 0 Å². The third kappa shape index (κ3) is 4.11. The van der Waals surface area contributed by atoms with Crippen molar-refractivity contribution in [2.75, 3.05) is 6.61 Å². The van der Waals surface area contributed by atoms with Crippen LogP contribution in [0.2, 0.25) is 0 Å². The van der Waals surface area contributed by atoms with E-state index in [4.69, 9.17) is 4.74 Å². The summed E-state index contributed by atoms with van der Waals surface area (Å²) in [5, 5.41) is 0. The minimum Gasteiger partial charge on any atom is -0.481 e. The number of hydrogen-bond acceptors (Lipinski definition) is 5. The largest absolute Gasteiger partial charge is 0.481 e. The molecule has 0 saturated heterocycles. The molecule has 6 heteroatoms. The lowest BCUT2D eigenvalue weighted by Gasteiger charge is -2.05. The van der Waals surface area contributed by atoms with E-state index in [1.165, 1.54) is 24.3 Å². The third-order valence-corrected chi connectivity index (χ3v) is 3.13. The van der Waals surface area contributed by atoms with Gasteiger partial charge in [0, 0.05) is 6.92 Å². The molecule has 5 nitrogen and oxygen atoms in total. The summed E-state index contributed by atoms with van der Waals surface area (Å²) in [6.07, 6.45) is 0. The molecule has 0 spiro atoms. The number of ether oxygens (including phenoxy) is 1. The van der Waals surface area contributed by atoms with Crippen LogP contribution in [0, 0.1) is 11.8 Å². The minimum absolute atomic E-state index is 0.105. The molecule has 0 fully saturated rings. The summed E-state index contributed by atoms with van der Waals surface area (Å²) < 4.78 is 32.5. The van der Waals surface area contributed by atoms with Gasteiger partial charge in [-0.3, -0.25) is 4.79 Å². The molecule has 0 aromatic heterocycles. The lowest BCUT2D eigenvalue weighted by molar-refractivity contribution is -0.131. The SMILES string of the molecule is CC#CCOc1ccc(S(=O)(=O)OC(C)=O)cc1. The second kappa shape index (κ2) is 6.07. The van der Waals surface area contributed by atoms with Gasteiger partial charge in [0.25, 0.3) is 0 Å². The molecule has 0 saturated carbocycles. The highest BCUT2D eigenvalue weighted by atomic mass is 32.2. The highest BCUT2D eigenvalue weighted by Crippen LogP contribution is 2.17. The Morgan fingerprint density at radius 3 is 2.39 bits per heavy atom. The number of hydrogen-bond donors (Lipinski definition) is 0. The fourth-order valence-corrected chi connectivity index (χ4v) is 1.97. The smallest absolute Gasteiger partial charge is 0.341 e. The van der Waals surface area contributed by atoms with Crippen LogP contribution >= 0.6 is 0 Å². The molecular formula is C12H12O5S. The van der Waals surface area contributed by atoms with Crippen LogP contribution in [0.3, 0.4) is 0 Å². The normalized spacial score (nSPS) is 10.1. The lowest BCUT2D eigenvalue weighted by Crippen LogP contribution is -2.10. The number of carbonyl (C=O) groups excluding carboxylic acids is 1. The highest BCUT2D eigenvalue weighted by molar-refractivity contribution is 7.87. The van der Waals surface area contributed by atoms with Gasteiger partial charge in [-0.15, -0.1) is 5.92 Å². The van der Waals surface area contributed by atoms with Crippen LogP contribution in [0.4, 0.5) is 0 Å². The molecule has 0 aliphatic carbocycles. The first-order valence-corrected chi connectivity index (χ1v) is 6.44. The van der Waals surface area contributed by atoms with Gasteiger partial charge in [0.15, 0.2) is 0 Å². The molecule has 96 valence electrons. The van der Waals surface area contributed by atoms with Crippen LogP contribution in [-0.2, 0) is 19.1 Å². The summed E-state index contributed by atoms with van der Waals surface area (Å²) in [5.41, 5.74) is 0. The van der Waals surface area contributed by atoms with E-state index in [-0.39, 0.29) is 11.5 Å². The van der Waals surface area contributed by atoms with Crippen LogP contribution in [0.15, 0.2) is 29.2 Å². The topological polar surface area (TPSA) is 69.7 Å². The summed E-state index contributed by atoms with van der Waals surface area (Å²) in [7, 11) is -4.03. The van der Waals surface area contributed by atoms with Gasteiger partial charge in [-0.1, -0.05) is 5.92 Å². The van der Waals surface area contributed by atoms with Crippen LogP contribution in [0.5, 0.6) is 5.75 Å².